The highest BCUT2D eigenvalue weighted by molar-refractivity contribution is 5.36. The van der Waals surface area contributed by atoms with Crippen LogP contribution in [0.15, 0.2) is 18.5 Å². The molecule has 96 valence electrons. The van der Waals surface area contributed by atoms with E-state index in [-0.39, 0.29) is 12.7 Å². The van der Waals surface area contributed by atoms with Gasteiger partial charge in [0.15, 0.2) is 0 Å². The van der Waals surface area contributed by atoms with Crippen molar-refractivity contribution in [2.75, 3.05) is 19.8 Å². The molecule has 1 unspecified atom stereocenters. The van der Waals surface area contributed by atoms with Crippen LogP contribution in [0.2, 0.25) is 0 Å². The van der Waals surface area contributed by atoms with Crippen LogP contribution in [0.4, 0.5) is 0 Å². The fourth-order valence-electron chi connectivity index (χ4n) is 1.77. The molecule has 1 N–H and O–H groups in total. The third-order valence-electron chi connectivity index (χ3n) is 2.60. The lowest BCUT2D eigenvalue weighted by Crippen LogP contribution is -2.28. The van der Waals surface area contributed by atoms with Crippen molar-refractivity contribution in [3.8, 4) is 17.6 Å². The van der Waals surface area contributed by atoms with E-state index in [9.17, 15) is 0 Å². The molecule has 0 amide bonds. The lowest BCUT2D eigenvalue weighted by Gasteiger charge is -2.23. The van der Waals surface area contributed by atoms with Gasteiger partial charge in [0, 0.05) is 24.8 Å². The van der Waals surface area contributed by atoms with Crippen molar-refractivity contribution >= 4 is 0 Å². The number of ether oxygens (including phenoxy) is 2. The summed E-state index contributed by atoms with van der Waals surface area (Å²) in [5, 5.41) is 8.66. The zero-order chi connectivity index (χ0) is 12.6. The Kier molecular flexibility index (Phi) is 5.00. The van der Waals surface area contributed by atoms with Crippen LogP contribution in [0, 0.1) is 11.8 Å². The highest BCUT2D eigenvalue weighted by Gasteiger charge is 2.15. The van der Waals surface area contributed by atoms with Gasteiger partial charge in [-0.15, -0.1) is 0 Å². The van der Waals surface area contributed by atoms with Crippen LogP contribution in [-0.2, 0) is 4.74 Å². The van der Waals surface area contributed by atoms with Crippen LogP contribution >= 0.6 is 0 Å². The molecule has 0 spiro atoms. The van der Waals surface area contributed by atoms with Crippen molar-refractivity contribution < 1.29 is 14.6 Å². The molecule has 4 nitrogen and oxygen atoms in total. The molecule has 1 aliphatic rings. The predicted molar refractivity (Wildman–Crippen MR) is 67.3 cm³/mol. The number of pyridine rings is 1. The summed E-state index contributed by atoms with van der Waals surface area (Å²) in [7, 11) is 0. The molecular formula is C14H17NO3. The van der Waals surface area contributed by atoms with Crippen molar-refractivity contribution in [3.63, 3.8) is 0 Å². The maximum atomic E-state index is 8.66. The summed E-state index contributed by atoms with van der Waals surface area (Å²) < 4.78 is 11.2. The molecule has 4 heteroatoms. The monoisotopic (exact) mass is 247 g/mol. The van der Waals surface area contributed by atoms with E-state index in [2.05, 4.69) is 16.8 Å². The van der Waals surface area contributed by atoms with Crippen LogP contribution in [0.5, 0.6) is 5.75 Å². The average molecular weight is 247 g/mol. The third-order valence-corrected chi connectivity index (χ3v) is 2.60. The van der Waals surface area contributed by atoms with Gasteiger partial charge >= 0.3 is 0 Å². The van der Waals surface area contributed by atoms with Gasteiger partial charge in [0.25, 0.3) is 0 Å². The molecule has 0 bridgehead atoms. The number of aromatic nitrogens is 1. The lowest BCUT2D eigenvalue weighted by atomic mass is 10.2. The zero-order valence-corrected chi connectivity index (χ0v) is 10.3. The first-order chi connectivity index (χ1) is 8.88. The van der Waals surface area contributed by atoms with Gasteiger partial charge in [-0.2, -0.15) is 0 Å². The fraction of sp³-hybridized carbons (Fsp3) is 0.500. The second-order valence-corrected chi connectivity index (χ2v) is 4.14. The maximum Gasteiger partial charge on any atom is 0.139 e. The Bertz CT molecular complexity index is 430. The second-order valence-electron chi connectivity index (χ2n) is 4.14. The molecule has 1 aliphatic heterocycles. The highest BCUT2D eigenvalue weighted by Crippen LogP contribution is 2.17. The molecule has 2 heterocycles. The van der Waals surface area contributed by atoms with Gasteiger partial charge in [0.2, 0.25) is 0 Å². The third kappa shape index (κ3) is 4.02. The van der Waals surface area contributed by atoms with E-state index in [1.165, 1.54) is 0 Å². The van der Waals surface area contributed by atoms with Crippen LogP contribution in [-0.4, -0.2) is 36.0 Å². The second kappa shape index (κ2) is 7.00. The summed E-state index contributed by atoms with van der Waals surface area (Å²) in [5.41, 5.74) is 0.803. The smallest absolute Gasteiger partial charge is 0.139 e. The van der Waals surface area contributed by atoms with Gasteiger partial charge in [-0.1, -0.05) is 11.8 Å². The average Bonchev–Trinajstić information content (AvgIpc) is 2.41. The van der Waals surface area contributed by atoms with E-state index in [4.69, 9.17) is 14.6 Å². The lowest BCUT2D eigenvalue weighted by molar-refractivity contribution is 0.00727. The zero-order valence-electron chi connectivity index (χ0n) is 10.3. The Balaban J connectivity index is 1.96. The van der Waals surface area contributed by atoms with Crippen molar-refractivity contribution in [3.05, 3.63) is 24.0 Å². The topological polar surface area (TPSA) is 51.6 Å². The molecular weight excluding hydrogens is 230 g/mol. The first-order valence-electron chi connectivity index (χ1n) is 6.17. The highest BCUT2D eigenvalue weighted by atomic mass is 16.5. The minimum atomic E-state index is 0.0794. The van der Waals surface area contributed by atoms with E-state index < -0.39 is 0 Å². The van der Waals surface area contributed by atoms with Crippen molar-refractivity contribution in [2.45, 2.75) is 25.4 Å². The number of hydrogen-bond acceptors (Lipinski definition) is 4. The number of aliphatic hydroxyl groups is 1. The largest absolute Gasteiger partial charge is 0.486 e. The van der Waals surface area contributed by atoms with Crippen molar-refractivity contribution in [2.24, 2.45) is 0 Å². The van der Waals surface area contributed by atoms with Crippen molar-refractivity contribution in [1.29, 1.82) is 0 Å². The molecule has 1 saturated heterocycles. The van der Waals surface area contributed by atoms with Gasteiger partial charge in [-0.25, -0.2) is 0 Å². The Hall–Kier alpha value is -1.57. The van der Waals surface area contributed by atoms with E-state index >= 15 is 0 Å². The molecule has 0 saturated carbocycles. The molecule has 1 aromatic heterocycles. The fourth-order valence-corrected chi connectivity index (χ4v) is 1.77. The Morgan fingerprint density at radius 2 is 2.44 bits per heavy atom. The Morgan fingerprint density at radius 3 is 3.22 bits per heavy atom. The molecule has 0 aromatic carbocycles. The molecule has 18 heavy (non-hydrogen) atoms. The number of hydrogen-bond donors (Lipinski definition) is 1. The molecule has 0 aliphatic carbocycles. The number of rotatable bonds is 3. The minimum absolute atomic E-state index is 0.0794. The van der Waals surface area contributed by atoms with Crippen molar-refractivity contribution in [1.82, 2.24) is 4.98 Å². The summed E-state index contributed by atoms with van der Waals surface area (Å²) in [6.07, 6.45) is 6.01. The van der Waals surface area contributed by atoms with Gasteiger partial charge in [0.1, 0.15) is 11.9 Å². The minimum Gasteiger partial charge on any atom is -0.486 e. The first kappa shape index (κ1) is 12.9. The summed E-state index contributed by atoms with van der Waals surface area (Å²) in [6, 6.07) is 1.87. The van der Waals surface area contributed by atoms with Gasteiger partial charge < -0.3 is 14.6 Å². The Morgan fingerprint density at radius 1 is 1.50 bits per heavy atom. The molecule has 1 aromatic rings. The van der Waals surface area contributed by atoms with E-state index in [0.29, 0.717) is 13.0 Å². The normalized spacial score (nSPS) is 18.8. The number of nitrogens with zero attached hydrogens (tertiary/aromatic N) is 1. The quantitative estimate of drug-likeness (QED) is 0.820. The summed E-state index contributed by atoms with van der Waals surface area (Å²) in [4.78, 5) is 4.10. The van der Waals surface area contributed by atoms with E-state index in [1.807, 2.05) is 6.07 Å². The van der Waals surface area contributed by atoms with Gasteiger partial charge in [0.05, 0.1) is 19.4 Å². The number of aliphatic hydroxyl groups excluding tert-OH is 1. The molecule has 2 rings (SSSR count). The van der Waals surface area contributed by atoms with Crippen LogP contribution in [0.25, 0.3) is 0 Å². The van der Waals surface area contributed by atoms with Crippen LogP contribution < -0.4 is 4.74 Å². The summed E-state index contributed by atoms with van der Waals surface area (Å²) >= 11 is 0. The summed E-state index contributed by atoms with van der Waals surface area (Å²) in [5.74, 6) is 6.52. The summed E-state index contributed by atoms with van der Waals surface area (Å²) in [6.45, 7) is 1.54. The molecule has 0 radical (unpaired) electrons. The molecule has 1 fully saturated rings. The SMILES string of the molecule is OCCC#Cc1cncc(OC2CCCOC2)c1. The first-order valence-corrected chi connectivity index (χ1v) is 6.17. The van der Waals surface area contributed by atoms with E-state index in [0.717, 1.165) is 30.8 Å². The predicted octanol–water partition coefficient (Wildman–Crippen LogP) is 1.37. The van der Waals surface area contributed by atoms with E-state index in [1.54, 1.807) is 12.4 Å². The van der Waals surface area contributed by atoms with Crippen LogP contribution in [0.3, 0.4) is 0 Å². The standard InChI is InChI=1S/C14H17NO3/c16-6-2-1-4-12-8-14(10-15-9-12)18-13-5-3-7-17-11-13/h8-10,13,16H,2-3,5-7,11H2. The maximum absolute atomic E-state index is 8.66. The van der Waals surface area contributed by atoms with Gasteiger partial charge in [-0.05, 0) is 18.9 Å². The van der Waals surface area contributed by atoms with Gasteiger partial charge in [-0.3, -0.25) is 4.98 Å². The van der Waals surface area contributed by atoms with Crippen LogP contribution in [0.1, 0.15) is 24.8 Å². The Labute approximate surface area is 107 Å². The molecule has 1 atom stereocenters.